The molecule has 24 heavy (non-hydrogen) atoms. The van der Waals surface area contributed by atoms with Crippen molar-refractivity contribution in [3.05, 3.63) is 40.7 Å². The summed E-state index contributed by atoms with van der Waals surface area (Å²) in [6, 6.07) is 5.31. The van der Waals surface area contributed by atoms with Crippen molar-refractivity contribution < 1.29 is 9.90 Å². The quantitative estimate of drug-likeness (QED) is 0.619. The first-order valence-electron chi connectivity index (χ1n) is 7.56. The van der Waals surface area contributed by atoms with Crippen molar-refractivity contribution >= 4 is 29.4 Å². The van der Waals surface area contributed by atoms with Crippen molar-refractivity contribution in [1.29, 1.82) is 0 Å². The van der Waals surface area contributed by atoms with Crippen LogP contribution < -0.4 is 10.3 Å². The monoisotopic (exact) mass is 349 g/mol. The zero-order valence-corrected chi connectivity index (χ0v) is 14.6. The fraction of sp³-hybridized carbons (Fsp3) is 0.312. The lowest BCUT2D eigenvalue weighted by molar-refractivity contribution is 0.0949. The largest absolute Gasteiger partial charge is 0.507 e. The van der Waals surface area contributed by atoms with E-state index >= 15 is 0 Å². The van der Waals surface area contributed by atoms with Gasteiger partial charge in [0.2, 0.25) is 0 Å². The topological polar surface area (TPSA) is 82.8 Å². The summed E-state index contributed by atoms with van der Waals surface area (Å²) in [6.07, 6.45) is 2.90. The number of nitrogens with one attached hydrogen (secondary N) is 1. The number of benzene rings is 1. The summed E-state index contributed by atoms with van der Waals surface area (Å²) in [7, 11) is 1.67. The maximum atomic E-state index is 11.9. The molecule has 0 saturated carbocycles. The van der Waals surface area contributed by atoms with E-state index in [1.165, 1.54) is 17.1 Å². The van der Waals surface area contributed by atoms with Gasteiger partial charge in [-0.3, -0.25) is 9.48 Å². The molecular weight excluding hydrogens is 330 g/mol. The Morgan fingerprint density at radius 1 is 1.46 bits per heavy atom. The van der Waals surface area contributed by atoms with Crippen LogP contribution in [0.15, 0.2) is 29.5 Å². The Kier molecular flexibility index (Phi) is 5.81. The van der Waals surface area contributed by atoms with Gasteiger partial charge in [0.15, 0.2) is 5.69 Å². The Bertz CT molecular complexity index is 753. The van der Waals surface area contributed by atoms with E-state index in [0.717, 1.165) is 18.8 Å². The molecule has 128 valence electrons. The van der Waals surface area contributed by atoms with E-state index in [1.807, 2.05) is 19.9 Å². The number of carbonyl (C=O) groups is 1. The van der Waals surface area contributed by atoms with Gasteiger partial charge in [0.25, 0.3) is 5.91 Å². The van der Waals surface area contributed by atoms with Crippen molar-refractivity contribution in [2.24, 2.45) is 12.1 Å². The number of hydrogen-bond donors (Lipinski definition) is 2. The fourth-order valence-electron chi connectivity index (χ4n) is 2.25. The third-order valence-electron chi connectivity index (χ3n) is 3.51. The molecule has 0 bridgehead atoms. The van der Waals surface area contributed by atoms with E-state index in [9.17, 15) is 9.90 Å². The Labute approximate surface area is 145 Å². The van der Waals surface area contributed by atoms with Crippen LogP contribution in [0.4, 0.5) is 5.69 Å². The van der Waals surface area contributed by atoms with Gasteiger partial charge in [-0.2, -0.15) is 10.2 Å². The van der Waals surface area contributed by atoms with E-state index in [2.05, 4.69) is 20.5 Å². The number of anilines is 1. The lowest BCUT2D eigenvalue weighted by Gasteiger charge is -2.21. The maximum absolute atomic E-state index is 11.9. The first kappa shape index (κ1) is 17.8. The number of halogens is 1. The number of hydrazone groups is 1. The number of amides is 1. The van der Waals surface area contributed by atoms with Crippen LogP contribution in [-0.4, -0.2) is 40.1 Å². The summed E-state index contributed by atoms with van der Waals surface area (Å²) >= 11 is 5.89. The summed E-state index contributed by atoms with van der Waals surface area (Å²) in [6.45, 7) is 5.80. The first-order valence-corrected chi connectivity index (χ1v) is 7.94. The molecule has 8 heteroatoms. The molecule has 1 aromatic heterocycles. The minimum atomic E-state index is -0.517. The first-order chi connectivity index (χ1) is 11.5. The van der Waals surface area contributed by atoms with Gasteiger partial charge >= 0.3 is 0 Å². The van der Waals surface area contributed by atoms with Gasteiger partial charge in [0.1, 0.15) is 5.75 Å². The zero-order chi connectivity index (χ0) is 17.7. The molecule has 0 aliphatic heterocycles. The second kappa shape index (κ2) is 7.83. The number of rotatable bonds is 6. The second-order valence-electron chi connectivity index (χ2n) is 5.11. The van der Waals surface area contributed by atoms with Gasteiger partial charge < -0.3 is 10.0 Å². The van der Waals surface area contributed by atoms with Crippen LogP contribution in [0.1, 0.15) is 29.9 Å². The normalized spacial score (nSPS) is 11.0. The molecule has 1 amide bonds. The number of aryl methyl sites for hydroxylation is 1. The van der Waals surface area contributed by atoms with Gasteiger partial charge in [-0.05, 0) is 26.0 Å². The molecule has 7 nitrogen and oxygen atoms in total. The van der Waals surface area contributed by atoms with Crippen LogP contribution in [-0.2, 0) is 7.05 Å². The predicted octanol–water partition coefficient (Wildman–Crippen LogP) is 2.39. The molecule has 0 fully saturated rings. The van der Waals surface area contributed by atoms with Gasteiger partial charge in [-0.25, -0.2) is 5.43 Å². The average molecular weight is 350 g/mol. The van der Waals surface area contributed by atoms with Crippen molar-refractivity contribution in [2.45, 2.75) is 13.8 Å². The molecule has 0 atom stereocenters. The summed E-state index contributed by atoms with van der Waals surface area (Å²) in [5.41, 5.74) is 3.86. The fourth-order valence-corrected chi connectivity index (χ4v) is 2.52. The molecule has 0 spiro atoms. The molecule has 0 unspecified atom stereocenters. The van der Waals surface area contributed by atoms with Crippen LogP contribution in [0.2, 0.25) is 5.02 Å². The number of phenols is 1. The van der Waals surface area contributed by atoms with E-state index in [0.29, 0.717) is 5.56 Å². The molecule has 0 aliphatic rings. The van der Waals surface area contributed by atoms with E-state index in [4.69, 9.17) is 11.6 Å². The molecule has 2 N–H and O–H groups in total. The van der Waals surface area contributed by atoms with Crippen LogP contribution in [0.3, 0.4) is 0 Å². The molecule has 1 aromatic carbocycles. The van der Waals surface area contributed by atoms with Gasteiger partial charge in [-0.1, -0.05) is 11.6 Å². The van der Waals surface area contributed by atoms with Crippen LogP contribution in [0.25, 0.3) is 0 Å². The highest BCUT2D eigenvalue weighted by molar-refractivity contribution is 6.33. The van der Waals surface area contributed by atoms with Crippen molar-refractivity contribution in [3.63, 3.8) is 0 Å². The smallest absolute Gasteiger partial charge is 0.293 e. The van der Waals surface area contributed by atoms with Crippen LogP contribution in [0, 0.1) is 0 Å². The molecule has 2 rings (SSSR count). The molecule has 0 radical (unpaired) electrons. The van der Waals surface area contributed by atoms with E-state index in [-0.39, 0.29) is 16.5 Å². The van der Waals surface area contributed by atoms with Crippen molar-refractivity contribution in [2.75, 3.05) is 18.0 Å². The summed E-state index contributed by atoms with van der Waals surface area (Å²) < 4.78 is 1.44. The molecule has 0 aliphatic carbocycles. The minimum absolute atomic E-state index is 0.0910. The maximum Gasteiger partial charge on any atom is 0.293 e. The number of carbonyl (C=O) groups excluding carboxylic acids is 1. The highest BCUT2D eigenvalue weighted by Crippen LogP contribution is 2.23. The Balaban J connectivity index is 2.06. The van der Waals surface area contributed by atoms with E-state index in [1.54, 1.807) is 19.2 Å². The summed E-state index contributed by atoms with van der Waals surface area (Å²) in [5, 5.41) is 18.1. The highest BCUT2D eigenvalue weighted by Gasteiger charge is 2.13. The summed E-state index contributed by atoms with van der Waals surface area (Å²) in [5.74, 6) is -0.427. The third kappa shape index (κ3) is 4.05. The molecular formula is C16H20ClN5O2. The average Bonchev–Trinajstić information content (AvgIpc) is 2.89. The Hall–Kier alpha value is -2.54. The number of nitrogens with zero attached hydrogens (tertiary/aromatic N) is 4. The second-order valence-corrected chi connectivity index (χ2v) is 5.52. The number of aromatic hydroxyl groups is 1. The standard InChI is InChI=1S/C16H20ClN5O2/c1-4-22(5-2)12-7-6-11(14(23)8-12)9-18-19-16(24)15-13(17)10-21(3)20-15/h6-10,23H,4-5H2,1-3H3,(H,19,24)/b18-9-. The molecule has 0 saturated heterocycles. The van der Waals surface area contributed by atoms with Crippen LogP contribution in [0.5, 0.6) is 5.75 Å². The third-order valence-corrected chi connectivity index (χ3v) is 3.79. The number of phenolic OH excluding ortho intramolecular Hbond substituents is 1. The molecule has 1 heterocycles. The van der Waals surface area contributed by atoms with Gasteiger partial charge in [-0.15, -0.1) is 0 Å². The SMILES string of the molecule is CCN(CC)c1ccc(/C=N\NC(=O)c2nn(C)cc2Cl)c(O)c1. The lowest BCUT2D eigenvalue weighted by Crippen LogP contribution is -2.21. The number of hydrogen-bond acceptors (Lipinski definition) is 5. The number of aromatic nitrogens is 2. The lowest BCUT2D eigenvalue weighted by atomic mass is 10.2. The summed E-state index contributed by atoms with van der Waals surface area (Å²) in [4.78, 5) is 14.0. The van der Waals surface area contributed by atoms with Gasteiger partial charge in [0, 0.05) is 43.7 Å². The van der Waals surface area contributed by atoms with E-state index < -0.39 is 5.91 Å². The minimum Gasteiger partial charge on any atom is -0.507 e. The predicted molar refractivity (Wildman–Crippen MR) is 94.9 cm³/mol. The van der Waals surface area contributed by atoms with Crippen molar-refractivity contribution in [1.82, 2.24) is 15.2 Å². The Morgan fingerprint density at radius 3 is 2.71 bits per heavy atom. The van der Waals surface area contributed by atoms with Crippen LogP contribution >= 0.6 is 11.6 Å². The zero-order valence-electron chi connectivity index (χ0n) is 13.8. The molecule has 2 aromatic rings. The highest BCUT2D eigenvalue weighted by atomic mass is 35.5. The Morgan fingerprint density at radius 2 is 2.17 bits per heavy atom. The van der Waals surface area contributed by atoms with Crippen molar-refractivity contribution in [3.8, 4) is 5.75 Å². The van der Waals surface area contributed by atoms with Gasteiger partial charge in [0.05, 0.1) is 11.2 Å².